The molecule has 174 valence electrons. The molecule has 1 heteroatoms. The van der Waals surface area contributed by atoms with Gasteiger partial charge in [-0.2, -0.15) is 0 Å². The molecule has 7 rings (SSSR count). The predicted octanol–water partition coefficient (Wildman–Crippen LogP) is 9.12. The van der Waals surface area contributed by atoms with Gasteiger partial charge in [0.1, 0.15) is 11.5 Å². The molecule has 0 amide bonds. The topological polar surface area (TPSA) is 9.23 Å². The van der Waals surface area contributed by atoms with Crippen LogP contribution in [0.5, 0.6) is 11.5 Å². The summed E-state index contributed by atoms with van der Waals surface area (Å²) in [5.41, 5.74) is 11.4. The molecule has 36 heavy (non-hydrogen) atoms. The molecule has 0 saturated heterocycles. The summed E-state index contributed by atoms with van der Waals surface area (Å²) in [7, 11) is 0. The van der Waals surface area contributed by atoms with E-state index in [9.17, 15) is 0 Å². The molecule has 1 atom stereocenters. The molecule has 1 aliphatic carbocycles. The van der Waals surface area contributed by atoms with Crippen molar-refractivity contribution in [3.05, 3.63) is 143 Å². The summed E-state index contributed by atoms with van der Waals surface area (Å²) >= 11 is 0. The first kappa shape index (κ1) is 21.2. The zero-order valence-electron chi connectivity index (χ0n) is 20.9. The van der Waals surface area contributed by atoms with Crippen LogP contribution in [0.4, 0.5) is 0 Å². The van der Waals surface area contributed by atoms with E-state index in [1.165, 1.54) is 50.1 Å². The van der Waals surface area contributed by atoms with Crippen LogP contribution >= 0.6 is 0 Å². The third kappa shape index (κ3) is 2.83. The fourth-order valence-electron chi connectivity index (χ4n) is 6.39. The van der Waals surface area contributed by atoms with Crippen molar-refractivity contribution in [3.8, 4) is 33.8 Å². The van der Waals surface area contributed by atoms with Crippen LogP contribution in [0.2, 0.25) is 0 Å². The van der Waals surface area contributed by atoms with Crippen molar-refractivity contribution in [1.82, 2.24) is 0 Å². The molecule has 1 unspecified atom stereocenters. The molecular weight excluding hydrogens is 436 g/mol. The van der Waals surface area contributed by atoms with Gasteiger partial charge in [-0.3, -0.25) is 0 Å². The highest BCUT2D eigenvalue weighted by atomic mass is 16.5. The van der Waals surface area contributed by atoms with E-state index in [0.29, 0.717) is 0 Å². The average molecular weight is 465 g/mol. The standard InChI is InChI=1S/C35H28O/c1-34(2)30-15-9-10-16-32(30)36-33-20-18-24(22-31(33)34)23-17-19-29-27(21-23)26-13-7-8-14-28(26)35(29,3)25-11-5-4-6-12-25/h4-22H,1-3H3. The van der Waals surface area contributed by atoms with Gasteiger partial charge in [0, 0.05) is 22.0 Å². The third-order valence-electron chi connectivity index (χ3n) is 8.43. The van der Waals surface area contributed by atoms with Crippen LogP contribution in [0.15, 0.2) is 115 Å². The van der Waals surface area contributed by atoms with E-state index in [-0.39, 0.29) is 10.8 Å². The van der Waals surface area contributed by atoms with E-state index in [4.69, 9.17) is 4.74 Å². The highest BCUT2D eigenvalue weighted by Crippen LogP contribution is 2.53. The van der Waals surface area contributed by atoms with Crippen LogP contribution in [0.25, 0.3) is 22.3 Å². The normalized spacial score (nSPS) is 18.4. The maximum absolute atomic E-state index is 6.30. The molecule has 5 aromatic rings. The maximum atomic E-state index is 6.30. The maximum Gasteiger partial charge on any atom is 0.131 e. The Hall–Kier alpha value is -4.10. The summed E-state index contributed by atoms with van der Waals surface area (Å²) in [6, 6.07) is 41.8. The van der Waals surface area contributed by atoms with Gasteiger partial charge in [0.25, 0.3) is 0 Å². The quantitative estimate of drug-likeness (QED) is 0.253. The summed E-state index contributed by atoms with van der Waals surface area (Å²) in [4.78, 5) is 0. The van der Waals surface area contributed by atoms with E-state index in [1.54, 1.807) is 0 Å². The number of hydrogen-bond acceptors (Lipinski definition) is 1. The van der Waals surface area contributed by atoms with E-state index < -0.39 is 0 Å². The molecule has 1 aliphatic heterocycles. The largest absolute Gasteiger partial charge is 0.457 e. The molecule has 0 radical (unpaired) electrons. The van der Waals surface area contributed by atoms with Crippen LogP contribution in [-0.4, -0.2) is 0 Å². The average Bonchev–Trinajstić information content (AvgIpc) is 3.18. The Morgan fingerprint density at radius 3 is 1.92 bits per heavy atom. The molecule has 0 fully saturated rings. The molecule has 2 aliphatic rings. The Bertz CT molecular complexity index is 1640. The van der Waals surface area contributed by atoms with Crippen LogP contribution in [0.3, 0.4) is 0 Å². The third-order valence-corrected chi connectivity index (χ3v) is 8.43. The summed E-state index contributed by atoms with van der Waals surface area (Å²) < 4.78 is 6.30. The molecule has 0 N–H and O–H groups in total. The first-order valence-electron chi connectivity index (χ1n) is 12.7. The second kappa shape index (κ2) is 7.45. The van der Waals surface area contributed by atoms with Gasteiger partial charge in [-0.1, -0.05) is 105 Å². The minimum Gasteiger partial charge on any atom is -0.457 e. The minimum absolute atomic E-state index is 0.130. The van der Waals surface area contributed by atoms with Gasteiger partial charge >= 0.3 is 0 Å². The van der Waals surface area contributed by atoms with Gasteiger partial charge < -0.3 is 4.74 Å². The SMILES string of the molecule is CC1(C)c2ccccc2Oc2ccc(-c3ccc4c(c3)-c3ccccc3C4(C)c3ccccc3)cc21. The van der Waals surface area contributed by atoms with Gasteiger partial charge in [0.15, 0.2) is 0 Å². The highest BCUT2D eigenvalue weighted by Gasteiger charge is 2.40. The lowest BCUT2D eigenvalue weighted by molar-refractivity contribution is 0.418. The summed E-state index contributed by atoms with van der Waals surface area (Å²) in [6.45, 7) is 6.95. The number of ether oxygens (including phenoxy) is 1. The smallest absolute Gasteiger partial charge is 0.131 e. The van der Waals surface area contributed by atoms with Gasteiger partial charge in [0.05, 0.1) is 0 Å². The molecule has 0 spiro atoms. The number of benzene rings is 5. The number of fused-ring (bicyclic) bond motifs is 5. The predicted molar refractivity (Wildman–Crippen MR) is 148 cm³/mol. The fourth-order valence-corrected chi connectivity index (χ4v) is 6.39. The summed E-state index contributed by atoms with van der Waals surface area (Å²) in [5.74, 6) is 1.91. The number of hydrogen-bond donors (Lipinski definition) is 0. The number of rotatable bonds is 2. The van der Waals surface area contributed by atoms with E-state index in [1.807, 2.05) is 6.07 Å². The van der Waals surface area contributed by atoms with Crippen molar-refractivity contribution in [2.45, 2.75) is 31.6 Å². The molecule has 0 saturated carbocycles. The van der Waals surface area contributed by atoms with Gasteiger partial charge in [0.2, 0.25) is 0 Å². The highest BCUT2D eigenvalue weighted by molar-refractivity contribution is 5.86. The van der Waals surface area contributed by atoms with E-state index in [0.717, 1.165) is 11.5 Å². The molecule has 5 aromatic carbocycles. The van der Waals surface area contributed by atoms with Crippen LogP contribution < -0.4 is 4.74 Å². The minimum atomic E-state index is -0.166. The zero-order valence-corrected chi connectivity index (χ0v) is 20.9. The Balaban J connectivity index is 1.38. The lowest BCUT2D eigenvalue weighted by Crippen LogP contribution is -2.24. The van der Waals surface area contributed by atoms with Crippen molar-refractivity contribution in [2.24, 2.45) is 0 Å². The van der Waals surface area contributed by atoms with Crippen molar-refractivity contribution in [1.29, 1.82) is 0 Å². The van der Waals surface area contributed by atoms with Crippen LogP contribution in [0, 0.1) is 0 Å². The Morgan fingerprint density at radius 1 is 0.472 bits per heavy atom. The number of para-hydroxylation sites is 1. The first-order valence-corrected chi connectivity index (χ1v) is 12.7. The molecular formula is C35H28O. The van der Waals surface area contributed by atoms with Crippen LogP contribution in [-0.2, 0) is 10.8 Å². The van der Waals surface area contributed by atoms with Crippen molar-refractivity contribution >= 4 is 0 Å². The molecule has 0 bridgehead atoms. The summed E-state index contributed by atoms with van der Waals surface area (Å²) in [5, 5.41) is 0. The molecule has 0 aromatic heterocycles. The first-order chi connectivity index (χ1) is 17.5. The molecule has 1 nitrogen and oxygen atoms in total. The Kier molecular flexibility index (Phi) is 4.39. The van der Waals surface area contributed by atoms with Crippen molar-refractivity contribution in [3.63, 3.8) is 0 Å². The van der Waals surface area contributed by atoms with Gasteiger partial charge in [-0.15, -0.1) is 0 Å². The van der Waals surface area contributed by atoms with Gasteiger partial charge in [-0.25, -0.2) is 0 Å². The summed E-state index contributed by atoms with van der Waals surface area (Å²) in [6.07, 6.45) is 0. The monoisotopic (exact) mass is 464 g/mol. The second-order valence-electron chi connectivity index (χ2n) is 10.7. The van der Waals surface area contributed by atoms with Crippen LogP contribution in [0.1, 0.15) is 48.6 Å². The van der Waals surface area contributed by atoms with Crippen molar-refractivity contribution < 1.29 is 4.74 Å². The lowest BCUT2D eigenvalue weighted by Gasteiger charge is -2.34. The molecule has 1 heterocycles. The lowest BCUT2D eigenvalue weighted by atomic mass is 9.74. The fraction of sp³-hybridized carbons (Fsp3) is 0.143. The Morgan fingerprint density at radius 2 is 1.08 bits per heavy atom. The second-order valence-corrected chi connectivity index (χ2v) is 10.7. The van der Waals surface area contributed by atoms with E-state index >= 15 is 0 Å². The van der Waals surface area contributed by atoms with Gasteiger partial charge in [-0.05, 0) is 70.1 Å². The van der Waals surface area contributed by atoms with Crippen molar-refractivity contribution in [2.75, 3.05) is 0 Å². The van der Waals surface area contributed by atoms with E-state index in [2.05, 4.69) is 130 Å². The Labute approximate surface area is 213 Å². The zero-order chi connectivity index (χ0) is 24.5.